The first kappa shape index (κ1) is 19.4. The first-order valence-electron chi connectivity index (χ1n) is 9.68. The van der Waals surface area contributed by atoms with Crippen LogP contribution in [0.2, 0.25) is 0 Å². The summed E-state index contributed by atoms with van der Waals surface area (Å²) >= 11 is 0. The molecule has 0 bridgehead atoms. The molecule has 1 aromatic carbocycles. The third-order valence-electron chi connectivity index (χ3n) is 4.63. The van der Waals surface area contributed by atoms with E-state index >= 15 is 0 Å². The molecule has 1 heterocycles. The van der Waals surface area contributed by atoms with E-state index in [1.54, 1.807) is 7.11 Å². The Morgan fingerprint density at radius 2 is 2.16 bits per heavy atom. The Kier molecular flexibility index (Phi) is 8.43. The molecule has 2 N–H and O–H groups in total. The number of hydrogen-bond acceptors (Lipinski definition) is 3. The highest BCUT2D eigenvalue weighted by Crippen LogP contribution is 2.26. The lowest BCUT2D eigenvalue weighted by atomic mass is 10.1. The molecule has 25 heavy (non-hydrogen) atoms. The van der Waals surface area contributed by atoms with Crippen LogP contribution in [0.1, 0.15) is 39.5 Å². The van der Waals surface area contributed by atoms with Gasteiger partial charge in [-0.05, 0) is 37.8 Å². The summed E-state index contributed by atoms with van der Waals surface area (Å²) in [6.07, 6.45) is 4.91. The molecule has 1 aliphatic heterocycles. The van der Waals surface area contributed by atoms with Crippen LogP contribution in [0.5, 0.6) is 5.75 Å². The van der Waals surface area contributed by atoms with Gasteiger partial charge in [-0.3, -0.25) is 4.99 Å². The van der Waals surface area contributed by atoms with Gasteiger partial charge in [-0.1, -0.05) is 25.8 Å². The van der Waals surface area contributed by atoms with E-state index in [-0.39, 0.29) is 0 Å². The molecule has 0 amide bonds. The summed E-state index contributed by atoms with van der Waals surface area (Å²) in [6.45, 7) is 9.28. The molecule has 1 saturated heterocycles. The molecule has 140 valence electrons. The first-order chi connectivity index (χ1) is 12.3. The smallest absolute Gasteiger partial charge is 0.191 e. The fourth-order valence-corrected chi connectivity index (χ4v) is 3.17. The van der Waals surface area contributed by atoms with Crippen molar-refractivity contribution in [2.45, 2.75) is 39.5 Å². The summed E-state index contributed by atoms with van der Waals surface area (Å²) in [7, 11) is 1.72. The maximum absolute atomic E-state index is 5.34. The molecule has 0 saturated carbocycles. The fourth-order valence-electron chi connectivity index (χ4n) is 3.17. The van der Waals surface area contributed by atoms with Crippen molar-refractivity contribution in [1.29, 1.82) is 0 Å². The summed E-state index contributed by atoms with van der Waals surface area (Å²) in [5.74, 6) is 2.49. The molecule has 1 atom stereocenters. The number of benzene rings is 1. The van der Waals surface area contributed by atoms with Crippen molar-refractivity contribution >= 4 is 11.6 Å². The zero-order valence-electron chi connectivity index (χ0n) is 16.1. The van der Waals surface area contributed by atoms with Crippen LogP contribution in [-0.2, 0) is 0 Å². The quantitative estimate of drug-likeness (QED) is 0.409. The Balaban J connectivity index is 1.83. The molecule has 0 aromatic heterocycles. The predicted molar refractivity (Wildman–Crippen MR) is 107 cm³/mol. The Morgan fingerprint density at radius 3 is 2.92 bits per heavy atom. The summed E-state index contributed by atoms with van der Waals surface area (Å²) in [4.78, 5) is 7.23. The SMILES string of the molecule is CCCCCNC(=NCC1CCN(c2cccc(OC)c2)C1)NCC. The normalized spacial score (nSPS) is 17.6. The second kappa shape index (κ2) is 10.9. The van der Waals surface area contributed by atoms with Gasteiger partial charge in [0.15, 0.2) is 5.96 Å². The van der Waals surface area contributed by atoms with Crippen molar-refractivity contribution in [2.24, 2.45) is 10.9 Å². The van der Waals surface area contributed by atoms with Crippen LogP contribution in [0.25, 0.3) is 0 Å². The van der Waals surface area contributed by atoms with E-state index in [2.05, 4.69) is 47.6 Å². The topological polar surface area (TPSA) is 48.9 Å². The lowest BCUT2D eigenvalue weighted by molar-refractivity contribution is 0.415. The van der Waals surface area contributed by atoms with Crippen LogP contribution < -0.4 is 20.3 Å². The number of nitrogens with one attached hydrogen (secondary N) is 2. The van der Waals surface area contributed by atoms with E-state index in [4.69, 9.17) is 9.73 Å². The van der Waals surface area contributed by atoms with E-state index in [0.29, 0.717) is 5.92 Å². The molecule has 0 aliphatic carbocycles. The van der Waals surface area contributed by atoms with Gasteiger partial charge in [-0.25, -0.2) is 0 Å². The van der Waals surface area contributed by atoms with Gasteiger partial charge in [-0.2, -0.15) is 0 Å². The van der Waals surface area contributed by atoms with Gasteiger partial charge in [0.2, 0.25) is 0 Å². The predicted octanol–water partition coefficient (Wildman–Crippen LogP) is 3.27. The number of aliphatic imine (C=N–C) groups is 1. The van der Waals surface area contributed by atoms with Gasteiger partial charge in [0.05, 0.1) is 7.11 Å². The molecule has 0 spiro atoms. The Labute approximate surface area is 152 Å². The molecule has 1 aliphatic rings. The molecule has 2 rings (SSSR count). The summed E-state index contributed by atoms with van der Waals surface area (Å²) in [5, 5.41) is 6.80. The highest BCUT2D eigenvalue weighted by Gasteiger charge is 2.22. The minimum atomic E-state index is 0.609. The zero-order valence-corrected chi connectivity index (χ0v) is 16.1. The number of anilines is 1. The summed E-state index contributed by atoms with van der Waals surface area (Å²) in [5.41, 5.74) is 1.25. The van der Waals surface area contributed by atoms with Crippen molar-refractivity contribution < 1.29 is 4.74 Å². The largest absolute Gasteiger partial charge is 0.497 e. The number of nitrogens with zero attached hydrogens (tertiary/aromatic N) is 2. The number of methoxy groups -OCH3 is 1. The van der Waals surface area contributed by atoms with E-state index in [9.17, 15) is 0 Å². The molecule has 5 nitrogen and oxygen atoms in total. The zero-order chi connectivity index (χ0) is 17.9. The highest BCUT2D eigenvalue weighted by atomic mass is 16.5. The number of unbranched alkanes of at least 4 members (excludes halogenated alkanes) is 2. The van der Waals surface area contributed by atoms with Gasteiger partial charge in [0, 0.05) is 44.5 Å². The third kappa shape index (κ3) is 6.48. The second-order valence-electron chi connectivity index (χ2n) is 6.66. The fraction of sp³-hybridized carbons (Fsp3) is 0.650. The van der Waals surface area contributed by atoms with Crippen LogP contribution in [0.3, 0.4) is 0 Å². The van der Waals surface area contributed by atoms with Crippen LogP contribution in [0, 0.1) is 5.92 Å². The minimum Gasteiger partial charge on any atom is -0.497 e. The van der Waals surface area contributed by atoms with Gasteiger partial charge in [0.25, 0.3) is 0 Å². The second-order valence-corrected chi connectivity index (χ2v) is 6.66. The van der Waals surface area contributed by atoms with Gasteiger partial charge in [-0.15, -0.1) is 0 Å². The monoisotopic (exact) mass is 346 g/mol. The lowest BCUT2D eigenvalue weighted by Crippen LogP contribution is -2.38. The summed E-state index contributed by atoms with van der Waals surface area (Å²) in [6, 6.07) is 8.33. The standard InChI is InChI=1S/C20H34N4O/c1-4-6-7-12-22-20(21-5-2)23-15-17-11-13-24(16-17)18-9-8-10-19(14-18)25-3/h8-10,14,17H,4-7,11-13,15-16H2,1-3H3,(H2,21,22,23). The average molecular weight is 347 g/mol. The third-order valence-corrected chi connectivity index (χ3v) is 4.63. The average Bonchev–Trinajstić information content (AvgIpc) is 3.12. The molecular formula is C20H34N4O. The van der Waals surface area contributed by atoms with Crippen molar-refractivity contribution in [3.8, 4) is 5.75 Å². The van der Waals surface area contributed by atoms with E-state index in [0.717, 1.165) is 44.4 Å². The Hall–Kier alpha value is -1.91. The number of rotatable bonds is 9. The van der Waals surface area contributed by atoms with E-state index in [1.807, 2.05) is 6.07 Å². The van der Waals surface area contributed by atoms with Crippen molar-refractivity contribution in [1.82, 2.24) is 10.6 Å². The molecule has 1 unspecified atom stereocenters. The van der Waals surface area contributed by atoms with Crippen molar-refractivity contribution in [3.05, 3.63) is 24.3 Å². The van der Waals surface area contributed by atoms with Gasteiger partial charge in [0.1, 0.15) is 5.75 Å². The van der Waals surface area contributed by atoms with E-state index in [1.165, 1.54) is 31.4 Å². The molecule has 0 radical (unpaired) electrons. The number of guanidine groups is 1. The highest BCUT2D eigenvalue weighted by molar-refractivity contribution is 5.79. The van der Waals surface area contributed by atoms with E-state index < -0.39 is 0 Å². The maximum atomic E-state index is 5.34. The minimum absolute atomic E-state index is 0.609. The molecule has 1 aromatic rings. The van der Waals surface area contributed by atoms with Crippen LogP contribution in [0.15, 0.2) is 29.3 Å². The van der Waals surface area contributed by atoms with Gasteiger partial charge >= 0.3 is 0 Å². The van der Waals surface area contributed by atoms with Crippen molar-refractivity contribution in [3.63, 3.8) is 0 Å². The van der Waals surface area contributed by atoms with Crippen LogP contribution >= 0.6 is 0 Å². The maximum Gasteiger partial charge on any atom is 0.191 e. The Bertz CT molecular complexity index is 532. The van der Waals surface area contributed by atoms with Crippen molar-refractivity contribution in [2.75, 3.05) is 44.7 Å². The number of hydrogen-bond donors (Lipinski definition) is 2. The van der Waals surface area contributed by atoms with Crippen LogP contribution in [0.4, 0.5) is 5.69 Å². The number of ether oxygens (including phenoxy) is 1. The molecule has 5 heteroatoms. The van der Waals surface area contributed by atoms with Gasteiger partial charge < -0.3 is 20.3 Å². The Morgan fingerprint density at radius 1 is 1.28 bits per heavy atom. The first-order valence-corrected chi connectivity index (χ1v) is 9.68. The van der Waals surface area contributed by atoms with Crippen LogP contribution in [-0.4, -0.2) is 45.8 Å². The summed E-state index contributed by atoms with van der Waals surface area (Å²) < 4.78 is 5.34. The lowest BCUT2D eigenvalue weighted by Gasteiger charge is -2.19. The molecule has 1 fully saturated rings. The molecular weight excluding hydrogens is 312 g/mol.